The van der Waals surface area contributed by atoms with E-state index in [1.165, 1.54) is 11.3 Å². The molecule has 15 heavy (non-hydrogen) atoms. The highest BCUT2D eigenvalue weighted by molar-refractivity contribution is 7.13. The third kappa shape index (κ3) is 4.39. The van der Waals surface area contributed by atoms with Gasteiger partial charge in [-0.05, 0) is 36.8 Å². The molecule has 2 heteroatoms. The van der Waals surface area contributed by atoms with Gasteiger partial charge in [0.25, 0.3) is 0 Å². The van der Waals surface area contributed by atoms with Crippen molar-refractivity contribution in [3.63, 3.8) is 0 Å². The zero-order valence-electron chi connectivity index (χ0n) is 8.42. The van der Waals surface area contributed by atoms with Gasteiger partial charge in [0.2, 0.25) is 0 Å². The minimum atomic E-state index is 0.108. The predicted molar refractivity (Wildman–Crippen MR) is 63.2 cm³/mol. The molecule has 0 aliphatic carbocycles. The van der Waals surface area contributed by atoms with Crippen LogP contribution in [0.15, 0.2) is 12.1 Å². The van der Waals surface area contributed by atoms with Crippen LogP contribution >= 0.6 is 11.3 Å². The number of rotatable bonds is 1. The molecule has 0 unspecified atom stereocenters. The molecule has 1 heterocycles. The summed E-state index contributed by atoms with van der Waals surface area (Å²) in [5.41, 5.74) is 0. The van der Waals surface area contributed by atoms with Crippen molar-refractivity contribution < 1.29 is 5.11 Å². The third-order valence-electron chi connectivity index (χ3n) is 1.43. The first-order valence-electron chi connectivity index (χ1n) is 4.49. The Balaban J connectivity index is 2.69. The lowest BCUT2D eigenvalue weighted by Crippen LogP contribution is -1.75. The van der Waals surface area contributed by atoms with Crippen LogP contribution in [0.3, 0.4) is 0 Å². The maximum Gasteiger partial charge on any atom is 0.0792 e. The van der Waals surface area contributed by atoms with Crippen LogP contribution in [0, 0.1) is 35.5 Å². The predicted octanol–water partition coefficient (Wildman–Crippen LogP) is 1.86. The van der Waals surface area contributed by atoms with Crippen LogP contribution in [0.4, 0.5) is 0 Å². The molecule has 0 spiro atoms. The number of hydrogen-bond donors (Lipinski definition) is 1. The lowest BCUT2D eigenvalue weighted by molar-refractivity contribution is 0.305. The van der Waals surface area contributed by atoms with Crippen LogP contribution in [0.1, 0.15) is 23.1 Å². The normalized spacial score (nSPS) is 7.60. The average Bonchev–Trinajstić information content (AvgIpc) is 2.67. The van der Waals surface area contributed by atoms with E-state index >= 15 is 0 Å². The topological polar surface area (TPSA) is 20.2 Å². The Morgan fingerprint density at radius 1 is 1.20 bits per heavy atom. The molecule has 0 saturated heterocycles. The zero-order chi connectivity index (χ0) is 10.9. The highest BCUT2D eigenvalue weighted by atomic mass is 32.1. The molecule has 1 N–H and O–H groups in total. The van der Waals surface area contributed by atoms with Crippen molar-refractivity contribution in [2.45, 2.75) is 13.3 Å². The van der Waals surface area contributed by atoms with Gasteiger partial charge in [-0.1, -0.05) is 17.8 Å². The highest BCUT2D eigenvalue weighted by Crippen LogP contribution is 2.13. The largest absolute Gasteiger partial charge is 0.395 e. The SMILES string of the molecule is CC#CC#Cc1ccc(C#CCCO)s1. The molecule has 1 aromatic rings. The van der Waals surface area contributed by atoms with E-state index in [4.69, 9.17) is 5.11 Å². The summed E-state index contributed by atoms with van der Waals surface area (Å²) >= 11 is 1.54. The van der Waals surface area contributed by atoms with Crippen molar-refractivity contribution in [1.82, 2.24) is 0 Å². The van der Waals surface area contributed by atoms with Crippen LogP contribution < -0.4 is 0 Å². The Morgan fingerprint density at radius 2 is 1.93 bits per heavy atom. The molecular formula is C13H10OS. The van der Waals surface area contributed by atoms with E-state index in [0.29, 0.717) is 6.42 Å². The Hall–Kier alpha value is -1.66. The van der Waals surface area contributed by atoms with Crippen molar-refractivity contribution >= 4 is 11.3 Å². The maximum atomic E-state index is 8.56. The highest BCUT2D eigenvalue weighted by Gasteiger charge is 1.92. The van der Waals surface area contributed by atoms with E-state index in [1.807, 2.05) is 12.1 Å². The summed E-state index contributed by atoms with van der Waals surface area (Å²) < 4.78 is 0. The standard InChI is InChI=1S/C13H10OS/c1-2-3-4-7-12-9-10-13(15-12)8-5-6-11-14/h9-10,14H,6,11H2,1H3. The van der Waals surface area contributed by atoms with Gasteiger partial charge < -0.3 is 5.11 Å². The molecule has 1 rings (SSSR count). The fourth-order valence-corrected chi connectivity index (χ4v) is 1.57. The van der Waals surface area contributed by atoms with Crippen LogP contribution in [0.2, 0.25) is 0 Å². The second-order valence-electron chi connectivity index (χ2n) is 2.56. The Kier molecular flexibility index (Phi) is 5.13. The lowest BCUT2D eigenvalue weighted by atomic mass is 10.4. The van der Waals surface area contributed by atoms with E-state index in [9.17, 15) is 0 Å². The van der Waals surface area contributed by atoms with Gasteiger partial charge in [0.1, 0.15) is 0 Å². The summed E-state index contributed by atoms with van der Waals surface area (Å²) in [6.07, 6.45) is 0.514. The molecule has 0 aromatic carbocycles. The first-order valence-corrected chi connectivity index (χ1v) is 5.31. The van der Waals surface area contributed by atoms with Crippen LogP contribution in [-0.2, 0) is 0 Å². The molecule has 0 atom stereocenters. The van der Waals surface area contributed by atoms with E-state index in [1.54, 1.807) is 6.92 Å². The molecule has 74 valence electrons. The average molecular weight is 214 g/mol. The molecule has 0 aliphatic heterocycles. The first kappa shape index (κ1) is 11.4. The second-order valence-corrected chi connectivity index (χ2v) is 3.65. The number of thiophene rings is 1. The van der Waals surface area contributed by atoms with Crippen LogP contribution in [-0.4, -0.2) is 11.7 Å². The van der Waals surface area contributed by atoms with Gasteiger partial charge in [-0.3, -0.25) is 0 Å². The Labute approximate surface area is 94.1 Å². The molecule has 0 aliphatic rings. The molecule has 0 fully saturated rings. The molecule has 0 saturated carbocycles. The van der Waals surface area contributed by atoms with Gasteiger partial charge in [-0.2, -0.15) is 0 Å². The summed E-state index contributed by atoms with van der Waals surface area (Å²) in [6, 6.07) is 3.86. The molecule has 1 nitrogen and oxygen atoms in total. The van der Waals surface area contributed by atoms with Crippen molar-refractivity contribution in [2.75, 3.05) is 6.61 Å². The minimum absolute atomic E-state index is 0.108. The number of aliphatic hydroxyl groups is 1. The van der Waals surface area contributed by atoms with Gasteiger partial charge in [0.05, 0.1) is 16.4 Å². The van der Waals surface area contributed by atoms with E-state index < -0.39 is 0 Å². The van der Waals surface area contributed by atoms with Crippen molar-refractivity contribution in [3.8, 4) is 35.5 Å². The Bertz CT molecular complexity index is 492. The van der Waals surface area contributed by atoms with Crippen molar-refractivity contribution in [3.05, 3.63) is 21.9 Å². The lowest BCUT2D eigenvalue weighted by Gasteiger charge is -1.78. The summed E-state index contributed by atoms with van der Waals surface area (Å²) in [7, 11) is 0. The third-order valence-corrected chi connectivity index (χ3v) is 2.34. The molecule has 0 amide bonds. The molecular weight excluding hydrogens is 204 g/mol. The quantitative estimate of drug-likeness (QED) is 0.707. The summed E-state index contributed by atoms with van der Waals surface area (Å²) in [6.45, 7) is 1.87. The van der Waals surface area contributed by atoms with Crippen molar-refractivity contribution in [2.24, 2.45) is 0 Å². The van der Waals surface area contributed by atoms with E-state index in [0.717, 1.165) is 9.75 Å². The molecule has 1 aromatic heterocycles. The van der Waals surface area contributed by atoms with E-state index in [2.05, 4.69) is 35.5 Å². The first-order chi connectivity index (χ1) is 7.36. The minimum Gasteiger partial charge on any atom is -0.395 e. The molecule has 0 bridgehead atoms. The van der Waals surface area contributed by atoms with Gasteiger partial charge in [-0.25, -0.2) is 0 Å². The van der Waals surface area contributed by atoms with E-state index in [-0.39, 0.29) is 6.61 Å². The second kappa shape index (κ2) is 6.74. The number of hydrogen-bond acceptors (Lipinski definition) is 2. The Morgan fingerprint density at radius 3 is 2.60 bits per heavy atom. The summed E-state index contributed by atoms with van der Waals surface area (Å²) in [5, 5.41) is 8.56. The zero-order valence-corrected chi connectivity index (χ0v) is 9.24. The summed E-state index contributed by atoms with van der Waals surface area (Å²) in [5.74, 6) is 16.9. The van der Waals surface area contributed by atoms with Gasteiger partial charge in [0.15, 0.2) is 0 Å². The number of aliphatic hydroxyl groups excluding tert-OH is 1. The monoisotopic (exact) mass is 214 g/mol. The summed E-state index contributed by atoms with van der Waals surface area (Å²) in [4.78, 5) is 1.93. The van der Waals surface area contributed by atoms with Crippen LogP contribution in [0.5, 0.6) is 0 Å². The smallest absolute Gasteiger partial charge is 0.0792 e. The van der Waals surface area contributed by atoms with Gasteiger partial charge >= 0.3 is 0 Å². The van der Waals surface area contributed by atoms with Gasteiger partial charge in [0, 0.05) is 6.42 Å². The molecule has 0 radical (unpaired) electrons. The van der Waals surface area contributed by atoms with Crippen molar-refractivity contribution in [1.29, 1.82) is 0 Å². The fraction of sp³-hybridized carbons (Fsp3) is 0.231. The fourth-order valence-electron chi connectivity index (χ4n) is 0.833. The van der Waals surface area contributed by atoms with Gasteiger partial charge in [-0.15, -0.1) is 11.3 Å². The maximum absolute atomic E-state index is 8.56. The van der Waals surface area contributed by atoms with Crippen LogP contribution in [0.25, 0.3) is 0 Å².